The Bertz CT molecular complexity index is 251. The molecular formula is C5HBr2IOS. The van der Waals surface area contributed by atoms with Crippen LogP contribution in [0.25, 0.3) is 0 Å². The van der Waals surface area contributed by atoms with Gasteiger partial charge in [-0.1, -0.05) is 0 Å². The highest BCUT2D eigenvalue weighted by atomic mass is 127. The maximum absolute atomic E-state index is 10.8. The van der Waals surface area contributed by atoms with Crippen LogP contribution >= 0.6 is 65.8 Å². The zero-order valence-corrected chi connectivity index (χ0v) is 10.7. The number of halogens is 3. The molecule has 1 aromatic rings. The van der Waals surface area contributed by atoms with Crippen molar-refractivity contribution in [3.8, 4) is 0 Å². The molecule has 1 heterocycles. The van der Waals surface area contributed by atoms with Crippen molar-refractivity contribution in [2.24, 2.45) is 0 Å². The number of carbonyl (C=O) groups is 1. The highest BCUT2D eigenvalue weighted by Crippen LogP contribution is 2.33. The van der Waals surface area contributed by atoms with E-state index in [0.29, 0.717) is 0 Å². The number of hydrogen-bond donors (Lipinski definition) is 0. The van der Waals surface area contributed by atoms with E-state index in [2.05, 4.69) is 31.9 Å². The fourth-order valence-electron chi connectivity index (χ4n) is 0.443. The van der Waals surface area contributed by atoms with Gasteiger partial charge < -0.3 is 0 Å². The van der Waals surface area contributed by atoms with Crippen LogP contribution < -0.4 is 0 Å². The first-order valence-electron chi connectivity index (χ1n) is 2.26. The molecule has 0 aliphatic carbocycles. The average Bonchev–Trinajstić information content (AvgIpc) is 2.13. The molecule has 0 atom stereocenters. The van der Waals surface area contributed by atoms with E-state index < -0.39 is 0 Å². The van der Waals surface area contributed by atoms with E-state index in [1.807, 2.05) is 6.07 Å². The first-order valence-corrected chi connectivity index (χ1v) is 5.74. The molecule has 0 N–H and O–H groups in total. The molecule has 54 valence electrons. The SMILES string of the molecule is O=C(I)c1cc(Br)c(Br)s1. The highest BCUT2D eigenvalue weighted by molar-refractivity contribution is 14.1. The molecule has 1 rings (SSSR count). The second-order valence-electron chi connectivity index (χ2n) is 1.51. The van der Waals surface area contributed by atoms with Crippen molar-refractivity contribution in [2.75, 3.05) is 0 Å². The average molecular weight is 396 g/mol. The van der Waals surface area contributed by atoms with Crippen LogP contribution in [0.4, 0.5) is 0 Å². The van der Waals surface area contributed by atoms with Crippen molar-refractivity contribution < 1.29 is 4.79 Å². The number of thiophene rings is 1. The summed E-state index contributed by atoms with van der Waals surface area (Å²) in [6, 6.07) is 1.81. The lowest BCUT2D eigenvalue weighted by molar-refractivity contribution is 0.110. The topological polar surface area (TPSA) is 17.1 Å². The van der Waals surface area contributed by atoms with Crippen molar-refractivity contribution in [3.05, 3.63) is 19.2 Å². The van der Waals surface area contributed by atoms with E-state index >= 15 is 0 Å². The van der Waals surface area contributed by atoms with Gasteiger partial charge in [0.2, 0.25) is 3.79 Å². The Labute approximate surface area is 92.6 Å². The molecule has 10 heavy (non-hydrogen) atoms. The predicted octanol–water partition coefficient (Wildman–Crippen LogP) is 3.85. The molecule has 0 saturated heterocycles. The molecule has 0 bridgehead atoms. The van der Waals surface area contributed by atoms with Crippen molar-refractivity contribution in [1.29, 1.82) is 0 Å². The Morgan fingerprint density at radius 1 is 1.60 bits per heavy atom. The van der Waals surface area contributed by atoms with E-state index in [9.17, 15) is 4.79 Å². The molecule has 1 aromatic heterocycles. The van der Waals surface area contributed by atoms with Crippen molar-refractivity contribution >= 4 is 69.6 Å². The summed E-state index contributed by atoms with van der Waals surface area (Å²) in [5.41, 5.74) is 0. The normalized spacial score (nSPS) is 9.90. The Balaban J connectivity index is 3.10. The van der Waals surface area contributed by atoms with Gasteiger partial charge in [-0.3, -0.25) is 4.79 Å². The predicted molar refractivity (Wildman–Crippen MR) is 58.1 cm³/mol. The molecule has 5 heteroatoms. The van der Waals surface area contributed by atoms with Crippen LogP contribution in [0.5, 0.6) is 0 Å². The Kier molecular flexibility index (Phi) is 3.33. The van der Waals surface area contributed by atoms with Gasteiger partial charge in [0.15, 0.2) is 0 Å². The first kappa shape index (κ1) is 9.15. The molecule has 1 nitrogen and oxygen atoms in total. The summed E-state index contributed by atoms with van der Waals surface area (Å²) in [6.45, 7) is 0. The minimum absolute atomic E-state index is 0.0778. The second-order valence-corrected chi connectivity index (χ2v) is 5.71. The van der Waals surface area contributed by atoms with Gasteiger partial charge in [0.1, 0.15) is 0 Å². The monoisotopic (exact) mass is 394 g/mol. The molecule has 0 radical (unpaired) electrons. The lowest BCUT2D eigenvalue weighted by atomic mass is 10.5. The van der Waals surface area contributed by atoms with Crippen LogP contribution in [-0.4, -0.2) is 3.79 Å². The third kappa shape index (κ3) is 2.02. The molecule has 0 fully saturated rings. The standard InChI is InChI=1S/C5HBr2IOS/c6-2-1-3(5(8)9)10-4(2)7/h1H. The Morgan fingerprint density at radius 2 is 2.20 bits per heavy atom. The van der Waals surface area contributed by atoms with Crippen LogP contribution in [0.15, 0.2) is 14.3 Å². The zero-order valence-electron chi connectivity index (χ0n) is 4.53. The summed E-state index contributed by atoms with van der Waals surface area (Å²) >= 11 is 9.80. The van der Waals surface area contributed by atoms with Crippen LogP contribution in [0.1, 0.15) is 9.67 Å². The summed E-state index contributed by atoms with van der Waals surface area (Å²) < 4.78 is 1.99. The Morgan fingerprint density at radius 3 is 2.40 bits per heavy atom. The minimum atomic E-state index is 0.0778. The first-order chi connectivity index (χ1) is 4.61. The van der Waals surface area contributed by atoms with Gasteiger partial charge >= 0.3 is 0 Å². The fraction of sp³-hybridized carbons (Fsp3) is 0. The third-order valence-corrected chi connectivity index (χ3v) is 5.04. The van der Waals surface area contributed by atoms with Gasteiger partial charge in [0.05, 0.1) is 8.66 Å². The zero-order chi connectivity index (χ0) is 7.72. The fourth-order valence-corrected chi connectivity index (χ4v) is 2.80. The molecule has 0 amide bonds. The maximum atomic E-state index is 10.8. The van der Waals surface area contributed by atoms with E-state index in [1.165, 1.54) is 11.3 Å². The summed E-state index contributed by atoms with van der Waals surface area (Å²) in [5.74, 6) is 0. The van der Waals surface area contributed by atoms with Crippen LogP contribution in [-0.2, 0) is 0 Å². The second kappa shape index (κ2) is 3.64. The number of hydrogen-bond acceptors (Lipinski definition) is 2. The number of carbonyl (C=O) groups excluding carboxylic acids is 1. The molecular weight excluding hydrogens is 395 g/mol. The molecule has 0 aromatic carbocycles. The van der Waals surface area contributed by atoms with Gasteiger partial charge in [-0.25, -0.2) is 0 Å². The largest absolute Gasteiger partial charge is 0.281 e. The van der Waals surface area contributed by atoms with Gasteiger partial charge in [-0.05, 0) is 37.9 Å². The summed E-state index contributed by atoms with van der Waals surface area (Å²) in [6.07, 6.45) is 0. The molecule has 0 saturated carbocycles. The van der Waals surface area contributed by atoms with E-state index in [-0.39, 0.29) is 3.79 Å². The molecule has 0 aliphatic rings. The van der Waals surface area contributed by atoms with E-state index in [4.69, 9.17) is 0 Å². The summed E-state index contributed by atoms with van der Waals surface area (Å²) in [5, 5.41) is 0. The summed E-state index contributed by atoms with van der Waals surface area (Å²) in [4.78, 5) is 11.5. The lowest BCUT2D eigenvalue weighted by Gasteiger charge is -1.78. The third-order valence-electron chi connectivity index (χ3n) is 0.839. The highest BCUT2D eigenvalue weighted by Gasteiger charge is 2.07. The van der Waals surface area contributed by atoms with Crippen LogP contribution in [0.3, 0.4) is 0 Å². The van der Waals surface area contributed by atoms with E-state index in [1.54, 1.807) is 22.6 Å². The quantitative estimate of drug-likeness (QED) is 0.521. The Hall–Kier alpha value is 1.06. The van der Waals surface area contributed by atoms with E-state index in [0.717, 1.165) is 13.1 Å². The lowest BCUT2D eigenvalue weighted by Crippen LogP contribution is -1.77. The van der Waals surface area contributed by atoms with Crippen molar-refractivity contribution in [2.45, 2.75) is 0 Å². The number of rotatable bonds is 1. The summed E-state index contributed by atoms with van der Waals surface area (Å²) in [7, 11) is 0. The van der Waals surface area contributed by atoms with Crippen LogP contribution in [0.2, 0.25) is 0 Å². The molecule has 0 unspecified atom stereocenters. The molecule has 0 spiro atoms. The molecule has 0 aliphatic heterocycles. The van der Waals surface area contributed by atoms with Crippen LogP contribution in [0, 0.1) is 0 Å². The van der Waals surface area contributed by atoms with Gasteiger partial charge in [0, 0.05) is 27.1 Å². The van der Waals surface area contributed by atoms with Gasteiger partial charge in [0.25, 0.3) is 0 Å². The maximum Gasteiger partial charge on any atom is 0.232 e. The smallest absolute Gasteiger partial charge is 0.232 e. The van der Waals surface area contributed by atoms with Crippen molar-refractivity contribution in [1.82, 2.24) is 0 Å². The van der Waals surface area contributed by atoms with Crippen molar-refractivity contribution in [3.63, 3.8) is 0 Å². The minimum Gasteiger partial charge on any atom is -0.281 e. The van der Waals surface area contributed by atoms with Gasteiger partial charge in [-0.2, -0.15) is 0 Å². The van der Waals surface area contributed by atoms with Gasteiger partial charge in [-0.15, -0.1) is 11.3 Å².